The lowest BCUT2D eigenvalue weighted by atomic mass is 9.96. The van der Waals surface area contributed by atoms with Gasteiger partial charge in [-0.2, -0.15) is 0 Å². The van der Waals surface area contributed by atoms with Crippen LogP contribution < -0.4 is 9.47 Å². The van der Waals surface area contributed by atoms with Gasteiger partial charge in [-0.15, -0.1) is 0 Å². The van der Waals surface area contributed by atoms with Crippen LogP contribution in [0.5, 0.6) is 17.2 Å². The van der Waals surface area contributed by atoms with Crippen molar-refractivity contribution in [3.63, 3.8) is 0 Å². The molecule has 0 fully saturated rings. The molecule has 0 N–H and O–H groups in total. The van der Waals surface area contributed by atoms with Gasteiger partial charge in [0, 0.05) is 31.7 Å². The second-order valence-electron chi connectivity index (χ2n) is 7.58. The largest absolute Gasteiger partial charge is 0.493 e. The van der Waals surface area contributed by atoms with Crippen LogP contribution in [0.3, 0.4) is 0 Å². The minimum absolute atomic E-state index is 0.352. The highest BCUT2D eigenvalue weighted by Gasteiger charge is 2.23. The highest BCUT2D eigenvalue weighted by Crippen LogP contribution is 2.34. The van der Waals surface area contributed by atoms with Gasteiger partial charge in [0.25, 0.3) is 0 Å². The Hall–Kier alpha value is -2.85. The monoisotopic (exact) mass is 372 g/mol. The van der Waals surface area contributed by atoms with E-state index in [1.165, 1.54) is 22.3 Å². The third-order valence-corrected chi connectivity index (χ3v) is 5.84. The number of hydrogen-bond donors (Lipinski definition) is 0. The van der Waals surface area contributed by atoms with Crippen LogP contribution in [0.4, 0.5) is 0 Å². The zero-order chi connectivity index (χ0) is 18.9. The van der Waals surface area contributed by atoms with Crippen molar-refractivity contribution in [2.75, 3.05) is 13.2 Å². The topological polar surface area (TPSA) is 34.6 Å². The average molecular weight is 372 g/mol. The smallest absolute Gasteiger partial charge is 0.145 e. The van der Waals surface area contributed by atoms with Crippen LogP contribution in [0.2, 0.25) is 0 Å². The maximum Gasteiger partial charge on any atom is 0.145 e. The number of aromatic nitrogens is 1. The fourth-order valence-electron chi connectivity index (χ4n) is 4.15. The van der Waals surface area contributed by atoms with Gasteiger partial charge >= 0.3 is 0 Å². The number of nitrogens with zero attached hydrogens (tertiary/aromatic N) is 2. The molecule has 0 bridgehead atoms. The summed E-state index contributed by atoms with van der Waals surface area (Å²) in [5, 5.41) is 0. The van der Waals surface area contributed by atoms with Crippen LogP contribution >= 0.6 is 0 Å². The molecular formula is C24H24N2O2. The first-order chi connectivity index (χ1) is 13.8. The second-order valence-corrected chi connectivity index (χ2v) is 7.58. The van der Waals surface area contributed by atoms with Gasteiger partial charge in [-0.3, -0.25) is 9.88 Å². The first-order valence-electron chi connectivity index (χ1n) is 9.95. The van der Waals surface area contributed by atoms with E-state index in [9.17, 15) is 0 Å². The molecule has 0 saturated carbocycles. The predicted molar refractivity (Wildman–Crippen MR) is 109 cm³/mol. The van der Waals surface area contributed by atoms with E-state index in [2.05, 4.69) is 53.2 Å². The fourth-order valence-corrected chi connectivity index (χ4v) is 4.15. The maximum absolute atomic E-state index is 5.98. The summed E-state index contributed by atoms with van der Waals surface area (Å²) in [6, 6.07) is 17.3. The van der Waals surface area contributed by atoms with Crippen molar-refractivity contribution in [2.24, 2.45) is 0 Å². The molecule has 0 spiro atoms. The number of rotatable bonds is 4. The van der Waals surface area contributed by atoms with Crippen molar-refractivity contribution in [1.82, 2.24) is 9.88 Å². The molecule has 1 atom stereocenters. The number of pyridine rings is 1. The summed E-state index contributed by atoms with van der Waals surface area (Å²) in [4.78, 5) is 6.65. The second kappa shape index (κ2) is 7.28. The van der Waals surface area contributed by atoms with Crippen LogP contribution in [0, 0.1) is 0 Å². The van der Waals surface area contributed by atoms with E-state index in [4.69, 9.17) is 9.47 Å². The van der Waals surface area contributed by atoms with Gasteiger partial charge in [-0.05, 0) is 65.9 Å². The van der Waals surface area contributed by atoms with Crippen molar-refractivity contribution in [3.8, 4) is 17.2 Å². The Morgan fingerprint density at radius 2 is 1.93 bits per heavy atom. The van der Waals surface area contributed by atoms with E-state index in [0.717, 1.165) is 49.8 Å². The highest BCUT2D eigenvalue weighted by molar-refractivity contribution is 5.42. The lowest BCUT2D eigenvalue weighted by Gasteiger charge is -2.34. The first-order valence-corrected chi connectivity index (χ1v) is 9.95. The molecular weight excluding hydrogens is 348 g/mol. The van der Waals surface area contributed by atoms with E-state index < -0.39 is 0 Å². The zero-order valence-corrected chi connectivity index (χ0v) is 16.1. The van der Waals surface area contributed by atoms with Gasteiger partial charge in [-0.25, -0.2) is 0 Å². The molecule has 0 aliphatic carbocycles. The van der Waals surface area contributed by atoms with Gasteiger partial charge in [0.05, 0.1) is 12.8 Å². The van der Waals surface area contributed by atoms with Crippen molar-refractivity contribution in [1.29, 1.82) is 0 Å². The van der Waals surface area contributed by atoms with Crippen LogP contribution in [-0.4, -0.2) is 23.0 Å². The van der Waals surface area contributed by atoms with Gasteiger partial charge in [0.15, 0.2) is 0 Å². The molecule has 4 heteroatoms. The number of hydrogen-bond acceptors (Lipinski definition) is 4. The van der Waals surface area contributed by atoms with Gasteiger partial charge in [0.2, 0.25) is 0 Å². The molecule has 5 rings (SSSR count). The molecule has 3 aromatic rings. The SMILES string of the molecule is CC(c1ccc2c(c1)OCC2)N1CCc2ccc(Oc3cccnc3)cc2C1. The van der Waals surface area contributed by atoms with E-state index in [1.807, 2.05) is 12.1 Å². The summed E-state index contributed by atoms with van der Waals surface area (Å²) in [7, 11) is 0. The van der Waals surface area contributed by atoms with Crippen LogP contribution in [0.25, 0.3) is 0 Å². The first kappa shape index (κ1) is 17.3. The lowest BCUT2D eigenvalue weighted by Crippen LogP contribution is -2.32. The molecule has 0 radical (unpaired) electrons. The van der Waals surface area contributed by atoms with Crippen molar-refractivity contribution < 1.29 is 9.47 Å². The Balaban J connectivity index is 1.34. The molecule has 0 amide bonds. The standard InChI is InChI=1S/C24H24N2O2/c1-17(20-5-4-19-9-12-27-24(19)14-20)26-11-8-18-6-7-22(13-21(18)16-26)28-23-3-2-10-25-15-23/h2-7,10,13-15,17H,8-9,11-12,16H2,1H3. The summed E-state index contributed by atoms with van der Waals surface area (Å²) >= 11 is 0. The Bertz CT molecular complexity index is 987. The third kappa shape index (κ3) is 3.36. The number of benzene rings is 2. The molecule has 1 aromatic heterocycles. The van der Waals surface area contributed by atoms with E-state index >= 15 is 0 Å². The Kier molecular flexibility index (Phi) is 4.49. The maximum atomic E-state index is 5.98. The highest BCUT2D eigenvalue weighted by atomic mass is 16.5. The normalized spacial score (nSPS) is 16.8. The molecule has 28 heavy (non-hydrogen) atoms. The Morgan fingerprint density at radius 3 is 2.82 bits per heavy atom. The molecule has 4 nitrogen and oxygen atoms in total. The minimum atomic E-state index is 0.352. The van der Waals surface area contributed by atoms with Crippen molar-refractivity contribution in [3.05, 3.63) is 83.2 Å². The summed E-state index contributed by atoms with van der Waals surface area (Å²) in [6.07, 6.45) is 5.59. The Labute approximate surface area is 165 Å². The van der Waals surface area contributed by atoms with E-state index in [0.29, 0.717) is 6.04 Å². The molecule has 142 valence electrons. The van der Waals surface area contributed by atoms with Gasteiger partial charge in [0.1, 0.15) is 17.2 Å². The van der Waals surface area contributed by atoms with E-state index in [-0.39, 0.29) is 0 Å². The molecule has 1 unspecified atom stereocenters. The summed E-state index contributed by atoms with van der Waals surface area (Å²) in [5.74, 6) is 2.70. The van der Waals surface area contributed by atoms with Crippen LogP contribution in [0.1, 0.15) is 35.2 Å². The minimum Gasteiger partial charge on any atom is -0.493 e. The molecule has 2 aliphatic rings. The molecule has 2 aromatic carbocycles. The summed E-state index contributed by atoms with van der Waals surface area (Å²) in [6.45, 7) is 5.09. The number of ether oxygens (including phenoxy) is 2. The summed E-state index contributed by atoms with van der Waals surface area (Å²) in [5.41, 5.74) is 5.42. The third-order valence-electron chi connectivity index (χ3n) is 5.84. The zero-order valence-electron chi connectivity index (χ0n) is 16.1. The van der Waals surface area contributed by atoms with E-state index in [1.54, 1.807) is 12.4 Å². The average Bonchev–Trinajstić information content (AvgIpc) is 3.21. The molecule has 3 heterocycles. The quantitative estimate of drug-likeness (QED) is 0.650. The lowest BCUT2D eigenvalue weighted by molar-refractivity contribution is 0.191. The molecule has 2 aliphatic heterocycles. The fraction of sp³-hybridized carbons (Fsp3) is 0.292. The molecule has 0 saturated heterocycles. The van der Waals surface area contributed by atoms with Gasteiger partial charge in [-0.1, -0.05) is 18.2 Å². The van der Waals surface area contributed by atoms with Crippen molar-refractivity contribution >= 4 is 0 Å². The predicted octanol–water partition coefficient (Wildman–Crippen LogP) is 4.93. The number of fused-ring (bicyclic) bond motifs is 2. The Morgan fingerprint density at radius 1 is 1.00 bits per heavy atom. The van der Waals surface area contributed by atoms with Crippen LogP contribution in [0.15, 0.2) is 60.9 Å². The van der Waals surface area contributed by atoms with Gasteiger partial charge < -0.3 is 9.47 Å². The van der Waals surface area contributed by atoms with Crippen molar-refractivity contribution in [2.45, 2.75) is 32.4 Å². The summed E-state index contributed by atoms with van der Waals surface area (Å²) < 4.78 is 11.7. The van der Waals surface area contributed by atoms with Crippen LogP contribution in [-0.2, 0) is 19.4 Å².